The van der Waals surface area contributed by atoms with Crippen molar-refractivity contribution in [3.8, 4) is 0 Å². The van der Waals surface area contributed by atoms with Crippen molar-refractivity contribution in [1.29, 1.82) is 0 Å². The lowest BCUT2D eigenvalue weighted by molar-refractivity contribution is 0.121. The number of fused-ring (bicyclic) bond motifs is 1. The average Bonchev–Trinajstić information content (AvgIpc) is 3.10. The highest BCUT2D eigenvalue weighted by molar-refractivity contribution is 5.88. The Morgan fingerprint density at radius 2 is 1.65 bits per heavy atom. The molecule has 140 valence electrons. The molecule has 7 nitrogen and oxygen atoms in total. The topological polar surface area (TPSA) is 55.7 Å². The van der Waals surface area contributed by atoms with Gasteiger partial charge < -0.3 is 23.8 Å². The first-order chi connectivity index (χ1) is 12.7. The molecule has 0 bridgehead atoms. The zero-order valence-electron chi connectivity index (χ0n) is 15.6. The van der Waals surface area contributed by atoms with E-state index in [2.05, 4.69) is 46.6 Å². The van der Waals surface area contributed by atoms with E-state index in [1.165, 1.54) is 5.57 Å². The van der Waals surface area contributed by atoms with E-state index < -0.39 is 0 Å². The lowest BCUT2D eigenvalue weighted by atomic mass is 10.3. The first-order valence-electron chi connectivity index (χ1n) is 9.38. The third kappa shape index (κ3) is 3.54. The molecule has 26 heavy (non-hydrogen) atoms. The Balaban J connectivity index is 1.78. The summed E-state index contributed by atoms with van der Waals surface area (Å²) >= 11 is 0. The minimum absolute atomic E-state index is 0.732. The van der Waals surface area contributed by atoms with Crippen LogP contribution in [0, 0.1) is 0 Å². The van der Waals surface area contributed by atoms with Gasteiger partial charge in [-0.15, -0.1) is 0 Å². The van der Waals surface area contributed by atoms with Crippen LogP contribution >= 0.6 is 0 Å². The van der Waals surface area contributed by atoms with Crippen LogP contribution in [0.3, 0.4) is 0 Å². The second kappa shape index (κ2) is 7.63. The summed E-state index contributed by atoms with van der Waals surface area (Å²) in [6.45, 7) is 11.4. The molecule has 0 aromatic carbocycles. The highest BCUT2D eigenvalue weighted by atomic mass is 16.5. The maximum absolute atomic E-state index is 5.54. The van der Waals surface area contributed by atoms with Gasteiger partial charge in [-0.2, -0.15) is 4.98 Å². The molecule has 2 saturated heterocycles. The van der Waals surface area contributed by atoms with Gasteiger partial charge in [0.25, 0.3) is 0 Å². The molecule has 0 unspecified atom stereocenters. The Labute approximate surface area is 154 Å². The molecule has 7 heteroatoms. The molecule has 0 spiro atoms. The van der Waals surface area contributed by atoms with Crippen LogP contribution in [-0.4, -0.2) is 67.1 Å². The monoisotopic (exact) mass is 357 g/mol. The lowest BCUT2D eigenvalue weighted by Gasteiger charge is -2.31. The summed E-state index contributed by atoms with van der Waals surface area (Å²) in [5.74, 6) is 1.83. The number of aromatic nitrogens is 3. The number of allylic oxidation sites excluding steroid dienone is 2. The van der Waals surface area contributed by atoms with Gasteiger partial charge in [0.2, 0.25) is 5.95 Å². The highest BCUT2D eigenvalue weighted by Crippen LogP contribution is 2.29. The van der Waals surface area contributed by atoms with Gasteiger partial charge >= 0.3 is 0 Å². The molecule has 0 aliphatic carbocycles. The predicted molar refractivity (Wildman–Crippen MR) is 103 cm³/mol. The lowest BCUT2D eigenvalue weighted by Crippen LogP contribution is -2.39. The number of anilines is 2. The largest absolute Gasteiger partial charge is 0.378 e. The normalized spacial score (nSPS) is 18.4. The summed E-state index contributed by atoms with van der Waals surface area (Å²) in [7, 11) is 0. The first-order valence-corrected chi connectivity index (χ1v) is 9.38. The number of morpholine rings is 2. The Hall–Kier alpha value is -2.12. The van der Waals surface area contributed by atoms with E-state index in [1.54, 1.807) is 0 Å². The summed E-state index contributed by atoms with van der Waals surface area (Å²) in [6.07, 6.45) is 4.35. The molecule has 4 heterocycles. The summed E-state index contributed by atoms with van der Waals surface area (Å²) < 4.78 is 13.3. The number of hydrogen-bond acceptors (Lipinski definition) is 6. The maximum Gasteiger partial charge on any atom is 0.228 e. The predicted octanol–water partition coefficient (Wildman–Crippen LogP) is 2.07. The standard InChI is InChI=1S/C19H27N5O2/c1-15(2)3-5-22-6-4-16-17(22)18(23-7-11-25-12-8-23)21-19(20-16)24-9-13-26-14-10-24/h3-4,6H,5,7-14H2,1-2H3. The van der Waals surface area contributed by atoms with E-state index in [1.807, 2.05) is 0 Å². The number of nitrogens with zero attached hydrogens (tertiary/aromatic N) is 5. The van der Waals surface area contributed by atoms with Crippen molar-refractivity contribution in [3.05, 3.63) is 23.9 Å². The van der Waals surface area contributed by atoms with Crippen molar-refractivity contribution in [2.75, 3.05) is 62.4 Å². The Morgan fingerprint density at radius 1 is 1.00 bits per heavy atom. The van der Waals surface area contributed by atoms with Crippen LogP contribution in [-0.2, 0) is 16.0 Å². The smallest absolute Gasteiger partial charge is 0.228 e. The number of ether oxygens (including phenoxy) is 2. The molecule has 4 rings (SSSR count). The second-order valence-corrected chi connectivity index (χ2v) is 7.03. The van der Waals surface area contributed by atoms with Gasteiger partial charge in [0.1, 0.15) is 5.52 Å². The van der Waals surface area contributed by atoms with Gasteiger partial charge in [0.05, 0.1) is 31.9 Å². The molecule has 0 saturated carbocycles. The Bertz CT molecular complexity index is 785. The van der Waals surface area contributed by atoms with E-state index in [-0.39, 0.29) is 0 Å². The third-order valence-electron chi connectivity index (χ3n) is 4.88. The zero-order chi connectivity index (χ0) is 17.9. The van der Waals surface area contributed by atoms with Crippen LogP contribution in [0.25, 0.3) is 11.0 Å². The minimum Gasteiger partial charge on any atom is -0.378 e. The van der Waals surface area contributed by atoms with Crippen molar-refractivity contribution in [2.24, 2.45) is 0 Å². The Kier molecular flexibility index (Phi) is 5.08. The molecule has 2 aromatic rings. The molecular weight excluding hydrogens is 330 g/mol. The molecule has 0 radical (unpaired) electrons. The molecule has 0 amide bonds. The number of rotatable bonds is 4. The van der Waals surface area contributed by atoms with E-state index in [4.69, 9.17) is 19.4 Å². The molecule has 2 aliphatic heterocycles. The molecule has 0 N–H and O–H groups in total. The minimum atomic E-state index is 0.732. The van der Waals surface area contributed by atoms with Crippen molar-refractivity contribution in [1.82, 2.24) is 14.5 Å². The zero-order valence-corrected chi connectivity index (χ0v) is 15.6. The van der Waals surface area contributed by atoms with Crippen LogP contribution in [0.1, 0.15) is 13.8 Å². The SMILES string of the molecule is CC(C)=CCn1ccc2nc(N3CCOCC3)nc(N3CCOCC3)c21. The van der Waals surface area contributed by atoms with E-state index in [9.17, 15) is 0 Å². The Morgan fingerprint density at radius 3 is 2.31 bits per heavy atom. The fourth-order valence-corrected chi connectivity index (χ4v) is 3.41. The first kappa shape index (κ1) is 17.3. The summed E-state index contributed by atoms with van der Waals surface area (Å²) in [6, 6.07) is 2.10. The van der Waals surface area contributed by atoms with E-state index in [0.717, 1.165) is 82.0 Å². The fraction of sp³-hybridized carbons (Fsp3) is 0.579. The summed E-state index contributed by atoms with van der Waals surface area (Å²) in [5.41, 5.74) is 3.43. The van der Waals surface area contributed by atoms with Crippen LogP contribution in [0.4, 0.5) is 11.8 Å². The highest BCUT2D eigenvalue weighted by Gasteiger charge is 2.22. The van der Waals surface area contributed by atoms with Gasteiger partial charge in [0, 0.05) is 38.9 Å². The van der Waals surface area contributed by atoms with Gasteiger partial charge in [-0.05, 0) is 19.9 Å². The van der Waals surface area contributed by atoms with Gasteiger partial charge in [-0.1, -0.05) is 11.6 Å². The average molecular weight is 357 g/mol. The van der Waals surface area contributed by atoms with Crippen LogP contribution in [0.2, 0.25) is 0 Å². The second-order valence-electron chi connectivity index (χ2n) is 7.03. The fourth-order valence-electron chi connectivity index (χ4n) is 3.41. The number of hydrogen-bond donors (Lipinski definition) is 0. The van der Waals surface area contributed by atoms with Crippen LogP contribution in [0.5, 0.6) is 0 Å². The van der Waals surface area contributed by atoms with Crippen LogP contribution < -0.4 is 9.80 Å². The van der Waals surface area contributed by atoms with Gasteiger partial charge in [-0.25, -0.2) is 4.98 Å². The van der Waals surface area contributed by atoms with Gasteiger partial charge in [-0.3, -0.25) is 0 Å². The summed E-state index contributed by atoms with van der Waals surface area (Å²) in [5, 5.41) is 0. The van der Waals surface area contributed by atoms with E-state index in [0.29, 0.717) is 0 Å². The maximum atomic E-state index is 5.54. The van der Waals surface area contributed by atoms with Gasteiger partial charge in [0.15, 0.2) is 5.82 Å². The van der Waals surface area contributed by atoms with E-state index >= 15 is 0 Å². The molecule has 0 atom stereocenters. The quantitative estimate of drug-likeness (QED) is 0.781. The van der Waals surface area contributed by atoms with Crippen molar-refractivity contribution in [2.45, 2.75) is 20.4 Å². The third-order valence-corrected chi connectivity index (χ3v) is 4.88. The van der Waals surface area contributed by atoms with Crippen molar-refractivity contribution >= 4 is 22.8 Å². The van der Waals surface area contributed by atoms with Crippen molar-refractivity contribution in [3.63, 3.8) is 0 Å². The molecular formula is C19H27N5O2. The molecule has 2 aliphatic rings. The molecule has 2 fully saturated rings. The van der Waals surface area contributed by atoms with Crippen molar-refractivity contribution < 1.29 is 9.47 Å². The summed E-state index contributed by atoms with van der Waals surface area (Å²) in [4.78, 5) is 14.4. The molecule has 2 aromatic heterocycles. The van der Waals surface area contributed by atoms with Crippen LogP contribution in [0.15, 0.2) is 23.9 Å².